The van der Waals surface area contributed by atoms with Crippen molar-refractivity contribution in [1.29, 1.82) is 0 Å². The summed E-state index contributed by atoms with van der Waals surface area (Å²) >= 11 is 6.29. The number of carbonyl (C=O) groups excluding carboxylic acids is 3. The van der Waals surface area contributed by atoms with Crippen LogP contribution < -0.4 is 4.90 Å². The summed E-state index contributed by atoms with van der Waals surface area (Å²) in [4.78, 5) is 43.9. The highest BCUT2D eigenvalue weighted by atomic mass is 35.5. The van der Waals surface area contributed by atoms with Crippen molar-refractivity contribution in [3.8, 4) is 0 Å². The number of amides is 3. The number of nitrogens with zero attached hydrogens (tertiary/aromatic N) is 3. The zero-order chi connectivity index (χ0) is 20.8. The van der Waals surface area contributed by atoms with E-state index in [0.29, 0.717) is 18.1 Å². The second-order valence-electron chi connectivity index (χ2n) is 8.74. The molecule has 2 saturated heterocycles. The Morgan fingerprint density at radius 3 is 2.10 bits per heavy atom. The van der Waals surface area contributed by atoms with Crippen molar-refractivity contribution in [2.75, 3.05) is 37.6 Å². The topological polar surface area (TPSA) is 60.9 Å². The molecule has 7 heteroatoms. The van der Waals surface area contributed by atoms with Crippen molar-refractivity contribution in [2.24, 2.45) is 23.7 Å². The zero-order valence-corrected chi connectivity index (χ0v) is 17.6. The van der Waals surface area contributed by atoms with Crippen LogP contribution in [0.2, 0.25) is 5.02 Å². The first-order chi connectivity index (χ1) is 14.5. The number of hydrogen-bond donors (Lipinski definition) is 0. The third kappa shape index (κ3) is 3.22. The van der Waals surface area contributed by atoms with Crippen LogP contribution in [0.5, 0.6) is 0 Å². The predicted molar refractivity (Wildman–Crippen MR) is 114 cm³/mol. The van der Waals surface area contributed by atoms with Gasteiger partial charge in [-0.05, 0) is 36.8 Å². The minimum absolute atomic E-state index is 0.00498. The number of benzene rings is 1. The summed E-state index contributed by atoms with van der Waals surface area (Å²) in [5, 5.41) is 0.716. The molecule has 5 aliphatic rings. The number of imide groups is 1. The Bertz CT molecular complexity index is 877. The van der Waals surface area contributed by atoms with Gasteiger partial charge in [0, 0.05) is 39.1 Å². The lowest BCUT2D eigenvalue weighted by atomic mass is 9.63. The zero-order valence-electron chi connectivity index (χ0n) is 16.9. The lowest BCUT2D eigenvalue weighted by molar-refractivity contribution is -0.141. The number of likely N-dealkylation sites (tertiary alicyclic amines) is 1. The molecule has 2 heterocycles. The van der Waals surface area contributed by atoms with Gasteiger partial charge in [0.2, 0.25) is 17.7 Å². The van der Waals surface area contributed by atoms with Crippen molar-refractivity contribution < 1.29 is 14.4 Å². The molecule has 3 aliphatic carbocycles. The van der Waals surface area contributed by atoms with Crippen molar-refractivity contribution >= 4 is 35.0 Å². The van der Waals surface area contributed by atoms with E-state index < -0.39 is 0 Å². The lowest BCUT2D eigenvalue weighted by Gasteiger charge is -2.38. The molecular formula is C23H26ClN3O3. The maximum atomic E-state index is 12.9. The molecule has 6 nitrogen and oxygen atoms in total. The average molecular weight is 428 g/mol. The highest BCUT2D eigenvalue weighted by Crippen LogP contribution is 2.49. The summed E-state index contributed by atoms with van der Waals surface area (Å²) in [6.07, 6.45) is 6.42. The third-order valence-corrected chi connectivity index (χ3v) is 7.55. The van der Waals surface area contributed by atoms with E-state index >= 15 is 0 Å². The van der Waals surface area contributed by atoms with Gasteiger partial charge in [-0.2, -0.15) is 0 Å². The average Bonchev–Trinajstić information content (AvgIpc) is 3.05. The Kier molecular flexibility index (Phi) is 5.05. The van der Waals surface area contributed by atoms with E-state index in [1.165, 1.54) is 4.90 Å². The Hall–Kier alpha value is -2.34. The Labute approximate surface area is 181 Å². The molecule has 4 atom stereocenters. The third-order valence-electron chi connectivity index (χ3n) is 7.23. The molecule has 158 valence electrons. The van der Waals surface area contributed by atoms with Crippen LogP contribution in [0.3, 0.4) is 0 Å². The summed E-state index contributed by atoms with van der Waals surface area (Å²) < 4.78 is 0. The van der Waals surface area contributed by atoms with Crippen molar-refractivity contribution in [2.45, 2.75) is 19.3 Å². The smallest absolute Gasteiger partial charge is 0.233 e. The maximum absolute atomic E-state index is 12.9. The van der Waals surface area contributed by atoms with Gasteiger partial charge >= 0.3 is 0 Å². The van der Waals surface area contributed by atoms with Gasteiger partial charge < -0.3 is 9.80 Å². The molecule has 30 heavy (non-hydrogen) atoms. The van der Waals surface area contributed by atoms with Crippen LogP contribution in [-0.4, -0.2) is 60.2 Å². The first kappa shape index (κ1) is 19.6. The minimum Gasteiger partial charge on any atom is -0.367 e. The number of carbonyl (C=O) groups is 3. The monoisotopic (exact) mass is 427 g/mol. The molecule has 3 amide bonds. The molecule has 1 aromatic carbocycles. The van der Waals surface area contributed by atoms with Gasteiger partial charge in [-0.3, -0.25) is 19.3 Å². The van der Waals surface area contributed by atoms with Crippen LogP contribution in [0, 0.1) is 23.7 Å². The van der Waals surface area contributed by atoms with E-state index in [2.05, 4.69) is 17.1 Å². The Morgan fingerprint density at radius 2 is 1.53 bits per heavy atom. The molecule has 2 aliphatic heterocycles. The molecule has 0 unspecified atom stereocenters. The molecule has 1 aromatic rings. The molecule has 1 saturated carbocycles. The standard InChI is InChI=1S/C23H26ClN3O3/c24-17-3-1-2-4-18(17)25-11-13-26(14-12-25)19(28)9-10-27-22(29)20-15-5-6-16(8-7-15)21(20)23(27)30/h1-6,15-16,20-21H,7-14H2/t15-,16-,20-,21-/m0/s1. The van der Waals surface area contributed by atoms with E-state index in [0.717, 1.165) is 31.6 Å². The van der Waals surface area contributed by atoms with Crippen LogP contribution in [0.25, 0.3) is 0 Å². The van der Waals surface area contributed by atoms with Gasteiger partial charge in [0.25, 0.3) is 0 Å². The summed E-state index contributed by atoms with van der Waals surface area (Å²) in [6, 6.07) is 7.73. The van der Waals surface area contributed by atoms with Gasteiger partial charge in [-0.1, -0.05) is 35.9 Å². The lowest BCUT2D eigenvalue weighted by Crippen LogP contribution is -2.49. The summed E-state index contributed by atoms with van der Waals surface area (Å²) in [6.45, 7) is 2.87. The molecule has 0 aromatic heterocycles. The molecule has 0 N–H and O–H groups in total. The fraction of sp³-hybridized carbons (Fsp3) is 0.522. The summed E-state index contributed by atoms with van der Waals surface area (Å²) in [7, 11) is 0. The molecule has 0 radical (unpaired) electrons. The van der Waals surface area contributed by atoms with Gasteiger partial charge in [0.1, 0.15) is 0 Å². The van der Waals surface area contributed by atoms with Crippen molar-refractivity contribution in [1.82, 2.24) is 9.80 Å². The molecule has 2 bridgehead atoms. The van der Waals surface area contributed by atoms with Gasteiger partial charge in [-0.25, -0.2) is 0 Å². The number of rotatable bonds is 4. The van der Waals surface area contributed by atoms with Gasteiger partial charge in [0.05, 0.1) is 22.5 Å². The van der Waals surface area contributed by atoms with E-state index in [1.807, 2.05) is 29.2 Å². The SMILES string of the molecule is O=C(CCN1C(=O)[C@@H]2[C@@H](C1=O)[C@H]1C=C[C@H]2CC1)N1CCN(c2ccccc2Cl)CC1. The van der Waals surface area contributed by atoms with E-state index in [9.17, 15) is 14.4 Å². The number of piperazine rings is 1. The van der Waals surface area contributed by atoms with Gasteiger partial charge in [-0.15, -0.1) is 0 Å². The molecule has 3 fully saturated rings. The number of hydrogen-bond acceptors (Lipinski definition) is 4. The number of para-hydroxylation sites is 1. The minimum atomic E-state index is -0.199. The quantitative estimate of drug-likeness (QED) is 0.547. The first-order valence-electron chi connectivity index (χ1n) is 10.9. The van der Waals surface area contributed by atoms with Crippen molar-refractivity contribution in [3.05, 3.63) is 41.4 Å². The number of fused-ring (bicyclic) bond motifs is 1. The van der Waals surface area contributed by atoms with E-state index in [-0.39, 0.29) is 54.4 Å². The highest BCUT2D eigenvalue weighted by molar-refractivity contribution is 6.33. The molecule has 6 rings (SSSR count). The van der Waals surface area contributed by atoms with Crippen molar-refractivity contribution in [3.63, 3.8) is 0 Å². The fourth-order valence-corrected chi connectivity index (χ4v) is 5.88. The van der Waals surface area contributed by atoms with E-state index in [4.69, 9.17) is 11.6 Å². The first-order valence-corrected chi connectivity index (χ1v) is 11.2. The van der Waals surface area contributed by atoms with Crippen LogP contribution in [-0.2, 0) is 14.4 Å². The molecule has 0 spiro atoms. The van der Waals surface area contributed by atoms with Crippen LogP contribution >= 0.6 is 11.6 Å². The Balaban J connectivity index is 1.16. The maximum Gasteiger partial charge on any atom is 0.233 e. The van der Waals surface area contributed by atoms with Crippen LogP contribution in [0.1, 0.15) is 19.3 Å². The number of anilines is 1. The number of halogens is 1. The second kappa shape index (κ2) is 7.73. The van der Waals surface area contributed by atoms with Crippen LogP contribution in [0.4, 0.5) is 5.69 Å². The van der Waals surface area contributed by atoms with Crippen LogP contribution in [0.15, 0.2) is 36.4 Å². The van der Waals surface area contributed by atoms with Gasteiger partial charge in [0.15, 0.2) is 0 Å². The second-order valence-corrected chi connectivity index (χ2v) is 9.15. The number of allylic oxidation sites excluding steroid dienone is 2. The summed E-state index contributed by atoms with van der Waals surface area (Å²) in [5.74, 6) is -0.151. The fourth-order valence-electron chi connectivity index (χ4n) is 5.63. The Morgan fingerprint density at radius 1 is 0.933 bits per heavy atom. The highest BCUT2D eigenvalue weighted by Gasteiger charge is 2.56. The normalized spacial score (nSPS) is 30.2. The predicted octanol–water partition coefficient (Wildman–Crippen LogP) is 2.58. The molecular weight excluding hydrogens is 402 g/mol. The summed E-state index contributed by atoms with van der Waals surface area (Å²) in [5.41, 5.74) is 0.991. The largest absolute Gasteiger partial charge is 0.367 e. The van der Waals surface area contributed by atoms with E-state index in [1.54, 1.807) is 0 Å².